The molecule has 0 aliphatic heterocycles. The van der Waals surface area contributed by atoms with Crippen LogP contribution >= 0.6 is 0 Å². The number of halogens is 1. The van der Waals surface area contributed by atoms with Crippen molar-refractivity contribution in [2.45, 2.75) is 13.2 Å². The molecule has 0 bridgehead atoms. The molecule has 0 unspecified atom stereocenters. The standard InChI is InChI=1S/C26H20FNO2/c27-20-8-12-25-23(14-20)24-15-21(9-13-26(24)30-25)28-16-18-6-10-22(11-7-18)29-17-19-4-2-1-3-5-19/h1-15,28H,16-17H2. The minimum atomic E-state index is -0.266. The van der Waals surface area contributed by atoms with E-state index < -0.39 is 0 Å². The van der Waals surface area contributed by atoms with E-state index in [0.29, 0.717) is 18.7 Å². The molecule has 0 radical (unpaired) electrons. The minimum absolute atomic E-state index is 0.266. The van der Waals surface area contributed by atoms with Gasteiger partial charge >= 0.3 is 0 Å². The van der Waals surface area contributed by atoms with Crippen molar-refractivity contribution in [3.8, 4) is 5.75 Å². The molecule has 1 heterocycles. The maximum atomic E-state index is 13.6. The Morgan fingerprint density at radius 1 is 0.733 bits per heavy atom. The Kier molecular flexibility index (Phi) is 4.81. The van der Waals surface area contributed by atoms with E-state index in [4.69, 9.17) is 9.15 Å². The molecular weight excluding hydrogens is 377 g/mol. The van der Waals surface area contributed by atoms with Gasteiger partial charge in [-0.25, -0.2) is 4.39 Å². The van der Waals surface area contributed by atoms with Crippen LogP contribution in [-0.2, 0) is 13.2 Å². The predicted octanol–water partition coefficient (Wildman–Crippen LogP) is 6.92. The molecule has 5 aromatic rings. The fourth-order valence-electron chi connectivity index (χ4n) is 3.51. The maximum Gasteiger partial charge on any atom is 0.135 e. The largest absolute Gasteiger partial charge is 0.489 e. The molecule has 148 valence electrons. The second-order valence-electron chi connectivity index (χ2n) is 7.23. The van der Waals surface area contributed by atoms with E-state index >= 15 is 0 Å². The van der Waals surface area contributed by atoms with E-state index in [1.807, 2.05) is 60.7 Å². The quantitative estimate of drug-likeness (QED) is 0.338. The Morgan fingerprint density at radius 2 is 1.47 bits per heavy atom. The van der Waals surface area contributed by atoms with Gasteiger partial charge in [0.25, 0.3) is 0 Å². The van der Waals surface area contributed by atoms with Gasteiger partial charge in [0.1, 0.15) is 29.3 Å². The first kappa shape index (κ1) is 18.3. The van der Waals surface area contributed by atoms with Crippen molar-refractivity contribution in [3.63, 3.8) is 0 Å². The van der Waals surface area contributed by atoms with Crippen molar-refractivity contribution >= 4 is 27.6 Å². The number of hydrogen-bond donors (Lipinski definition) is 1. The van der Waals surface area contributed by atoms with Gasteiger partial charge in [0.2, 0.25) is 0 Å². The number of nitrogens with one attached hydrogen (secondary N) is 1. The van der Waals surface area contributed by atoms with Crippen LogP contribution in [0.25, 0.3) is 21.9 Å². The van der Waals surface area contributed by atoms with E-state index in [1.165, 1.54) is 12.1 Å². The van der Waals surface area contributed by atoms with Crippen LogP contribution in [0, 0.1) is 5.82 Å². The van der Waals surface area contributed by atoms with Gasteiger partial charge in [-0.15, -0.1) is 0 Å². The topological polar surface area (TPSA) is 34.4 Å². The third-order valence-electron chi connectivity index (χ3n) is 5.10. The molecule has 0 saturated heterocycles. The number of hydrogen-bond acceptors (Lipinski definition) is 3. The molecule has 30 heavy (non-hydrogen) atoms. The van der Waals surface area contributed by atoms with Crippen molar-refractivity contribution < 1.29 is 13.5 Å². The van der Waals surface area contributed by atoms with Gasteiger partial charge in [-0.1, -0.05) is 42.5 Å². The average Bonchev–Trinajstić information content (AvgIpc) is 3.15. The summed E-state index contributed by atoms with van der Waals surface area (Å²) in [6.45, 7) is 1.23. The second-order valence-corrected chi connectivity index (χ2v) is 7.23. The summed E-state index contributed by atoms with van der Waals surface area (Å²) < 4.78 is 25.3. The molecule has 0 atom stereocenters. The van der Waals surface area contributed by atoms with E-state index in [9.17, 15) is 4.39 Å². The molecular formula is C26H20FNO2. The average molecular weight is 397 g/mol. The fraction of sp³-hybridized carbons (Fsp3) is 0.0769. The Labute approximate surface area is 173 Å². The van der Waals surface area contributed by atoms with Gasteiger partial charge < -0.3 is 14.5 Å². The van der Waals surface area contributed by atoms with Crippen LogP contribution in [0.1, 0.15) is 11.1 Å². The van der Waals surface area contributed by atoms with E-state index in [0.717, 1.165) is 38.9 Å². The maximum absolute atomic E-state index is 13.6. The molecule has 0 spiro atoms. The van der Waals surface area contributed by atoms with E-state index in [-0.39, 0.29) is 5.82 Å². The first-order valence-corrected chi connectivity index (χ1v) is 9.86. The lowest BCUT2D eigenvalue weighted by Crippen LogP contribution is -1.99. The Morgan fingerprint density at radius 3 is 2.27 bits per heavy atom. The van der Waals surface area contributed by atoms with Crippen molar-refractivity contribution in [3.05, 3.63) is 108 Å². The molecule has 0 amide bonds. The van der Waals surface area contributed by atoms with Crippen molar-refractivity contribution in [1.82, 2.24) is 0 Å². The molecule has 1 N–H and O–H groups in total. The van der Waals surface area contributed by atoms with Gasteiger partial charge in [0.15, 0.2) is 0 Å². The highest BCUT2D eigenvalue weighted by Crippen LogP contribution is 2.31. The summed E-state index contributed by atoms with van der Waals surface area (Å²) in [4.78, 5) is 0. The minimum Gasteiger partial charge on any atom is -0.489 e. The highest BCUT2D eigenvalue weighted by atomic mass is 19.1. The van der Waals surface area contributed by atoms with E-state index in [2.05, 4.69) is 17.4 Å². The summed E-state index contributed by atoms with van der Waals surface area (Å²) in [5, 5.41) is 5.11. The van der Waals surface area contributed by atoms with Crippen LogP contribution in [0.3, 0.4) is 0 Å². The van der Waals surface area contributed by atoms with Crippen LogP contribution in [0.5, 0.6) is 5.75 Å². The van der Waals surface area contributed by atoms with Gasteiger partial charge in [0, 0.05) is 23.0 Å². The summed E-state index contributed by atoms with van der Waals surface area (Å²) >= 11 is 0. The lowest BCUT2D eigenvalue weighted by molar-refractivity contribution is 0.306. The predicted molar refractivity (Wildman–Crippen MR) is 118 cm³/mol. The first-order valence-electron chi connectivity index (χ1n) is 9.86. The Balaban J connectivity index is 1.26. The molecule has 5 rings (SSSR count). The zero-order valence-electron chi connectivity index (χ0n) is 16.3. The summed E-state index contributed by atoms with van der Waals surface area (Å²) in [7, 11) is 0. The highest BCUT2D eigenvalue weighted by molar-refractivity contribution is 6.05. The number of anilines is 1. The zero-order valence-corrected chi connectivity index (χ0v) is 16.3. The van der Waals surface area contributed by atoms with Gasteiger partial charge in [-0.2, -0.15) is 0 Å². The van der Waals surface area contributed by atoms with Crippen LogP contribution in [-0.4, -0.2) is 0 Å². The molecule has 0 saturated carbocycles. The SMILES string of the molecule is Fc1ccc2oc3ccc(NCc4ccc(OCc5ccccc5)cc4)cc3c2c1. The van der Waals surface area contributed by atoms with E-state index in [1.54, 1.807) is 6.07 Å². The summed E-state index contributed by atoms with van der Waals surface area (Å²) in [6.07, 6.45) is 0. The van der Waals surface area contributed by atoms with Gasteiger partial charge in [-0.3, -0.25) is 0 Å². The highest BCUT2D eigenvalue weighted by Gasteiger charge is 2.08. The van der Waals surface area contributed by atoms with Crippen LogP contribution < -0.4 is 10.1 Å². The Bertz CT molecular complexity index is 1290. The first-order chi connectivity index (χ1) is 14.7. The van der Waals surface area contributed by atoms with Crippen molar-refractivity contribution in [2.75, 3.05) is 5.32 Å². The van der Waals surface area contributed by atoms with Gasteiger partial charge in [0.05, 0.1) is 0 Å². The summed E-state index contributed by atoms with van der Waals surface area (Å²) in [5.41, 5.74) is 4.69. The lowest BCUT2D eigenvalue weighted by Gasteiger charge is -2.09. The molecule has 0 aliphatic rings. The lowest BCUT2D eigenvalue weighted by atomic mass is 10.1. The molecule has 4 aromatic carbocycles. The number of benzene rings is 4. The van der Waals surface area contributed by atoms with Gasteiger partial charge in [-0.05, 0) is 59.7 Å². The second kappa shape index (κ2) is 7.91. The summed E-state index contributed by atoms with van der Waals surface area (Å²) in [6, 6.07) is 28.6. The van der Waals surface area contributed by atoms with Crippen molar-refractivity contribution in [2.24, 2.45) is 0 Å². The molecule has 1 aromatic heterocycles. The van der Waals surface area contributed by atoms with Crippen LogP contribution in [0.2, 0.25) is 0 Å². The number of ether oxygens (including phenoxy) is 1. The molecule has 0 fully saturated rings. The number of rotatable bonds is 6. The monoisotopic (exact) mass is 397 g/mol. The third-order valence-corrected chi connectivity index (χ3v) is 5.10. The Hall–Kier alpha value is -3.79. The van der Waals surface area contributed by atoms with Crippen molar-refractivity contribution in [1.29, 1.82) is 0 Å². The number of fused-ring (bicyclic) bond motifs is 3. The van der Waals surface area contributed by atoms with Crippen LogP contribution in [0.4, 0.5) is 10.1 Å². The molecule has 3 nitrogen and oxygen atoms in total. The molecule has 4 heteroatoms. The normalized spacial score (nSPS) is 11.1. The third kappa shape index (κ3) is 3.85. The number of furan rings is 1. The van der Waals surface area contributed by atoms with Crippen LogP contribution in [0.15, 0.2) is 95.4 Å². The smallest absolute Gasteiger partial charge is 0.135 e. The fourth-order valence-corrected chi connectivity index (χ4v) is 3.51. The zero-order chi connectivity index (χ0) is 20.3. The summed E-state index contributed by atoms with van der Waals surface area (Å²) in [5.74, 6) is 0.578. The molecule has 0 aliphatic carbocycles.